The van der Waals surface area contributed by atoms with Crippen LogP contribution in [0.1, 0.15) is 43.2 Å². The van der Waals surface area contributed by atoms with Crippen LogP contribution in [0.3, 0.4) is 0 Å². The first-order valence-corrected chi connectivity index (χ1v) is 8.38. The maximum absolute atomic E-state index is 14.2. The van der Waals surface area contributed by atoms with Gasteiger partial charge in [0.15, 0.2) is 11.6 Å². The number of hydrogen-bond donors (Lipinski definition) is 2. The summed E-state index contributed by atoms with van der Waals surface area (Å²) in [7, 11) is 1.83. The van der Waals surface area contributed by atoms with Crippen LogP contribution < -0.4 is 10.7 Å². The van der Waals surface area contributed by atoms with E-state index in [9.17, 15) is 13.6 Å². The first-order chi connectivity index (χ1) is 12.2. The van der Waals surface area contributed by atoms with Gasteiger partial charge in [-0.1, -0.05) is 13.0 Å². The van der Waals surface area contributed by atoms with Gasteiger partial charge >= 0.3 is 0 Å². The third-order valence-corrected chi connectivity index (χ3v) is 4.86. The average molecular weight is 361 g/mol. The molecule has 0 atom stereocenters. The van der Waals surface area contributed by atoms with Crippen molar-refractivity contribution in [3.63, 3.8) is 0 Å². The largest absolute Gasteiger partial charge is 0.346 e. The van der Waals surface area contributed by atoms with Gasteiger partial charge < -0.3 is 10.7 Å². The normalized spacial score (nSPS) is 13.7. The van der Waals surface area contributed by atoms with Gasteiger partial charge in [-0.05, 0) is 32.4 Å². The highest BCUT2D eigenvalue weighted by atomic mass is 19.1. The van der Waals surface area contributed by atoms with Crippen LogP contribution in [0.2, 0.25) is 0 Å². The van der Waals surface area contributed by atoms with E-state index in [1.165, 1.54) is 6.07 Å². The van der Waals surface area contributed by atoms with Crippen molar-refractivity contribution >= 4 is 11.7 Å². The van der Waals surface area contributed by atoms with Crippen LogP contribution in [0.4, 0.5) is 14.6 Å². The second-order valence-electron chi connectivity index (χ2n) is 6.83. The fourth-order valence-electron chi connectivity index (χ4n) is 2.58. The van der Waals surface area contributed by atoms with Gasteiger partial charge in [0, 0.05) is 12.6 Å². The molecule has 0 saturated carbocycles. The molecule has 2 N–H and O–H groups in total. The minimum atomic E-state index is -0.754. The third-order valence-electron chi connectivity index (χ3n) is 4.86. The van der Waals surface area contributed by atoms with Gasteiger partial charge in [-0.15, -0.1) is 0 Å². The predicted molar refractivity (Wildman–Crippen MR) is 94.3 cm³/mol. The van der Waals surface area contributed by atoms with E-state index in [4.69, 9.17) is 0 Å². The van der Waals surface area contributed by atoms with Crippen LogP contribution in [0.5, 0.6) is 0 Å². The van der Waals surface area contributed by atoms with Crippen molar-refractivity contribution in [2.24, 2.45) is 0 Å². The first-order valence-electron chi connectivity index (χ1n) is 8.38. The van der Waals surface area contributed by atoms with Gasteiger partial charge in [0.05, 0.1) is 17.8 Å². The Kier molecular flexibility index (Phi) is 4.62. The fraction of sp³-hybridized carbons (Fsp3) is 0.389. The van der Waals surface area contributed by atoms with Crippen LogP contribution >= 0.6 is 0 Å². The molecule has 1 aromatic heterocycles. The van der Waals surface area contributed by atoms with E-state index in [0.717, 1.165) is 18.6 Å². The number of halogens is 2. The average Bonchev–Trinajstić information content (AvgIpc) is 2.96. The molecule has 1 aliphatic rings. The van der Waals surface area contributed by atoms with Crippen LogP contribution in [0, 0.1) is 11.6 Å². The Bertz CT molecular complexity index is 849. The molecule has 0 fully saturated rings. The Morgan fingerprint density at radius 1 is 1.23 bits per heavy atom. The molecule has 138 valence electrons. The first kappa shape index (κ1) is 18.2. The van der Waals surface area contributed by atoms with Gasteiger partial charge in [0.25, 0.3) is 5.91 Å². The lowest BCUT2D eigenvalue weighted by atomic mass is 10.0. The maximum atomic E-state index is 14.2. The molecule has 0 aliphatic carbocycles. The summed E-state index contributed by atoms with van der Waals surface area (Å²) in [6, 6.07) is 3.58. The van der Waals surface area contributed by atoms with Gasteiger partial charge in [-0.25, -0.2) is 23.8 Å². The fourth-order valence-corrected chi connectivity index (χ4v) is 2.58. The number of fused-ring (bicyclic) bond motifs is 1. The van der Waals surface area contributed by atoms with Gasteiger partial charge in [-0.3, -0.25) is 4.79 Å². The van der Waals surface area contributed by atoms with E-state index >= 15 is 0 Å². The summed E-state index contributed by atoms with van der Waals surface area (Å²) in [6.07, 6.45) is 0.838. The molecule has 1 aromatic carbocycles. The Morgan fingerprint density at radius 3 is 2.50 bits per heavy atom. The summed E-state index contributed by atoms with van der Waals surface area (Å²) in [5.74, 6) is -1.69. The summed E-state index contributed by atoms with van der Waals surface area (Å²) in [5.41, 5.74) is 3.26. The Labute approximate surface area is 150 Å². The van der Waals surface area contributed by atoms with Gasteiger partial charge in [0.2, 0.25) is 0 Å². The zero-order valence-electron chi connectivity index (χ0n) is 15.2. The summed E-state index contributed by atoms with van der Waals surface area (Å²) in [5, 5.41) is 4.49. The summed E-state index contributed by atoms with van der Waals surface area (Å²) in [4.78, 5) is 20.7. The van der Waals surface area contributed by atoms with Crippen LogP contribution in [0.25, 0.3) is 11.4 Å². The highest BCUT2D eigenvalue weighted by Crippen LogP contribution is 2.29. The number of amides is 1. The standard InChI is InChI=1S/C18H21F2N5O/c1-5-18(2,3)25(4)24-16-14-12(9-21-17(14)26)22-15(23-16)13-10(19)7-6-8-11(13)20/h6-8H,5,9H2,1-4H3,(H,21,26)(H,22,23,24). The molecule has 1 amide bonds. The van der Waals surface area contributed by atoms with E-state index < -0.39 is 11.6 Å². The smallest absolute Gasteiger partial charge is 0.257 e. The molecule has 2 aromatic rings. The Balaban J connectivity index is 2.12. The number of carbonyl (C=O) groups excluding carboxylic acids is 1. The second-order valence-corrected chi connectivity index (χ2v) is 6.83. The number of hydrogen-bond acceptors (Lipinski definition) is 5. The second kappa shape index (κ2) is 6.60. The van der Waals surface area contributed by atoms with Gasteiger partial charge in [0.1, 0.15) is 17.2 Å². The van der Waals surface area contributed by atoms with E-state index in [0.29, 0.717) is 11.3 Å². The summed E-state index contributed by atoms with van der Waals surface area (Å²) < 4.78 is 28.3. The van der Waals surface area contributed by atoms with Gasteiger partial charge in [-0.2, -0.15) is 0 Å². The number of rotatable bonds is 5. The van der Waals surface area contributed by atoms with Crippen molar-refractivity contribution in [1.29, 1.82) is 0 Å². The zero-order chi connectivity index (χ0) is 19.1. The lowest BCUT2D eigenvalue weighted by Crippen LogP contribution is -2.44. The van der Waals surface area contributed by atoms with Crippen molar-refractivity contribution < 1.29 is 13.6 Å². The monoisotopic (exact) mass is 361 g/mol. The van der Waals surface area contributed by atoms with E-state index in [1.54, 1.807) is 0 Å². The van der Waals surface area contributed by atoms with Crippen molar-refractivity contribution in [3.8, 4) is 11.4 Å². The lowest BCUT2D eigenvalue weighted by molar-refractivity contribution is 0.0965. The molecule has 8 heteroatoms. The van der Waals surface area contributed by atoms with Crippen molar-refractivity contribution in [1.82, 2.24) is 20.3 Å². The number of anilines is 1. The van der Waals surface area contributed by atoms with Crippen LogP contribution in [-0.2, 0) is 6.54 Å². The Morgan fingerprint density at radius 2 is 1.88 bits per heavy atom. The molecular weight excluding hydrogens is 340 g/mol. The highest BCUT2D eigenvalue weighted by Gasteiger charge is 2.30. The van der Waals surface area contributed by atoms with E-state index in [2.05, 4.69) is 20.7 Å². The molecule has 26 heavy (non-hydrogen) atoms. The maximum Gasteiger partial charge on any atom is 0.257 e. The molecule has 2 heterocycles. The van der Waals surface area contributed by atoms with Crippen molar-refractivity contribution in [2.45, 2.75) is 39.3 Å². The number of nitrogens with zero attached hydrogens (tertiary/aromatic N) is 3. The predicted octanol–water partition coefficient (Wildman–Crippen LogP) is 3.11. The number of benzene rings is 1. The van der Waals surface area contributed by atoms with Crippen LogP contribution in [0.15, 0.2) is 18.2 Å². The summed E-state index contributed by atoms with van der Waals surface area (Å²) >= 11 is 0. The quantitative estimate of drug-likeness (QED) is 0.801. The molecule has 0 spiro atoms. The summed E-state index contributed by atoms with van der Waals surface area (Å²) in [6.45, 7) is 6.28. The number of carbonyl (C=O) groups is 1. The molecule has 6 nitrogen and oxygen atoms in total. The number of hydrazine groups is 1. The lowest BCUT2D eigenvalue weighted by Gasteiger charge is -2.35. The van der Waals surface area contributed by atoms with Crippen molar-refractivity contribution in [2.75, 3.05) is 12.5 Å². The molecule has 3 rings (SSSR count). The number of nitrogens with one attached hydrogen (secondary N) is 2. The minimum Gasteiger partial charge on any atom is -0.346 e. The van der Waals surface area contributed by atoms with E-state index in [-0.39, 0.29) is 35.2 Å². The Hall–Kier alpha value is -2.61. The number of aromatic nitrogens is 2. The third kappa shape index (κ3) is 3.12. The highest BCUT2D eigenvalue weighted by molar-refractivity contribution is 6.02. The molecule has 0 radical (unpaired) electrons. The molecular formula is C18H21F2N5O. The van der Waals surface area contributed by atoms with Crippen LogP contribution in [-0.4, -0.2) is 33.5 Å². The zero-order valence-corrected chi connectivity index (χ0v) is 15.2. The minimum absolute atomic E-state index is 0.0962. The SMILES string of the molecule is CCC(C)(C)N(C)Nc1nc(-c2c(F)cccc2F)nc2c1C(=O)NC2. The molecule has 0 bridgehead atoms. The molecule has 1 aliphatic heterocycles. The molecule has 0 saturated heterocycles. The van der Waals surface area contributed by atoms with E-state index in [1.807, 2.05) is 32.8 Å². The molecule has 0 unspecified atom stereocenters. The topological polar surface area (TPSA) is 70.1 Å². The van der Waals surface area contributed by atoms with Crippen molar-refractivity contribution in [3.05, 3.63) is 41.1 Å².